The first-order valence-electron chi connectivity index (χ1n) is 14.7. The van der Waals surface area contributed by atoms with E-state index in [2.05, 4.69) is 0 Å². The molecule has 0 unspecified atom stereocenters. The highest BCUT2D eigenvalue weighted by Crippen LogP contribution is 2.95. The maximum atomic E-state index is 14.4. The summed E-state index contributed by atoms with van der Waals surface area (Å²) >= 11 is 0. The smallest absolute Gasteiger partial charge is 0.334 e. The van der Waals surface area contributed by atoms with E-state index in [-0.39, 0.29) is 27.9 Å². The summed E-state index contributed by atoms with van der Waals surface area (Å²) in [6, 6.07) is 0. The number of carbonyl (C=O) groups is 8. The first-order valence-corrected chi connectivity index (χ1v) is 14.7. The van der Waals surface area contributed by atoms with Gasteiger partial charge in [0.05, 0.1) is 90.0 Å². The average molecular weight is 673 g/mol. The van der Waals surface area contributed by atoms with E-state index in [0.717, 1.165) is 56.9 Å². The predicted molar refractivity (Wildman–Crippen MR) is 150 cm³/mol. The summed E-state index contributed by atoms with van der Waals surface area (Å²) in [6.07, 6.45) is 1.38. The van der Waals surface area contributed by atoms with E-state index in [1.165, 1.54) is 6.08 Å². The highest BCUT2D eigenvalue weighted by molar-refractivity contribution is 6.13. The zero-order valence-corrected chi connectivity index (χ0v) is 27.2. The van der Waals surface area contributed by atoms with Crippen LogP contribution < -0.4 is 0 Å². The minimum absolute atomic E-state index is 0.0956. The molecule has 6 aliphatic rings. The second-order valence-corrected chi connectivity index (χ2v) is 12.3. The molecule has 6 rings (SSSR count). The van der Waals surface area contributed by atoms with Crippen molar-refractivity contribution in [2.45, 2.75) is 0 Å². The monoisotopic (exact) mass is 672 g/mol. The molecule has 0 aromatic rings. The van der Waals surface area contributed by atoms with Crippen LogP contribution in [0.2, 0.25) is 0 Å². The molecule has 0 saturated heterocycles. The van der Waals surface area contributed by atoms with E-state index in [9.17, 15) is 38.4 Å². The van der Waals surface area contributed by atoms with Crippen molar-refractivity contribution in [3.63, 3.8) is 0 Å². The Bertz CT molecular complexity index is 1730. The Hall–Kier alpha value is -5.02. The molecule has 256 valence electrons. The van der Waals surface area contributed by atoms with Gasteiger partial charge in [0.15, 0.2) is 0 Å². The van der Waals surface area contributed by atoms with Crippen LogP contribution >= 0.6 is 0 Å². The summed E-state index contributed by atoms with van der Waals surface area (Å²) in [5.41, 5.74) is -7.21. The Morgan fingerprint density at radius 2 is 0.854 bits per heavy atom. The number of rotatable bonds is 8. The van der Waals surface area contributed by atoms with Crippen molar-refractivity contribution in [2.24, 2.45) is 57.7 Å². The molecule has 16 heteroatoms. The Morgan fingerprint density at radius 3 is 1.29 bits per heavy atom. The van der Waals surface area contributed by atoms with Gasteiger partial charge in [-0.2, -0.15) is 0 Å². The molecule has 0 aliphatic heterocycles. The molecule has 16 nitrogen and oxygen atoms in total. The third kappa shape index (κ3) is 2.99. The van der Waals surface area contributed by atoms with Gasteiger partial charge in [0.1, 0.15) is 5.41 Å². The number of ether oxygens (including phenoxy) is 8. The topological polar surface area (TPSA) is 210 Å². The largest absolute Gasteiger partial charge is 0.469 e. The lowest BCUT2D eigenvalue weighted by Crippen LogP contribution is -2.95. The van der Waals surface area contributed by atoms with E-state index in [4.69, 9.17) is 37.9 Å². The number of methoxy groups -OCH3 is 8. The summed E-state index contributed by atoms with van der Waals surface area (Å²) in [4.78, 5) is 109. The molecule has 10 atom stereocenters. The number of esters is 8. The molecular formula is C32H32O16. The molecule has 3 fully saturated rings. The van der Waals surface area contributed by atoms with Crippen LogP contribution in [-0.2, 0) is 76.3 Å². The average Bonchev–Trinajstić information content (AvgIpc) is 3.08. The number of hydrogen-bond donors (Lipinski definition) is 0. The van der Waals surface area contributed by atoms with E-state index < -0.39 is 105 Å². The van der Waals surface area contributed by atoms with Crippen molar-refractivity contribution < 1.29 is 76.3 Å². The molecule has 0 amide bonds. The standard InChI is InChI=1S/C32H32O16/c1-41-22(33)10-9-11-12-13(23(34)42-2)14(24(35)43-3)18(12)30(11,27(38)46-6)21-17(10)31(28(39)47-7)19-15(25(36)44-4)16(26(37)45-5)20(19)32(21,31)29(40)48-8/h9,11-12,17-21H,1-8H3/t11-,12-,17-,18-,19+,20-,21-,30+,31-,32-/m1/s1. The number of fused-ring (bicyclic) bond motifs is 12. The molecule has 0 spiro atoms. The molecule has 0 radical (unpaired) electrons. The molecular weight excluding hydrogens is 640 g/mol. The SMILES string of the molecule is COC(=O)C1=C[C@@H]2[C@@H]3C(C(=O)OC)=C(C(=O)OC)[C@@H]3[C@]2(C(=O)OC)[C@H]2[C@@H]1[C@]1(C(=O)OC)[C@H]3C(C(=O)OC)=C(C(=O)OC)[C@H]3[C@]21C(=O)OC. The van der Waals surface area contributed by atoms with Gasteiger partial charge in [-0.25, -0.2) is 24.0 Å². The first-order chi connectivity index (χ1) is 22.8. The molecule has 0 aromatic carbocycles. The van der Waals surface area contributed by atoms with Gasteiger partial charge in [-0.1, -0.05) is 6.08 Å². The van der Waals surface area contributed by atoms with Crippen LogP contribution in [-0.4, -0.2) is 105 Å². The molecule has 6 aliphatic carbocycles. The van der Waals surface area contributed by atoms with Crippen LogP contribution in [0.3, 0.4) is 0 Å². The zero-order valence-electron chi connectivity index (χ0n) is 27.2. The van der Waals surface area contributed by atoms with Gasteiger partial charge in [0, 0.05) is 47.0 Å². The summed E-state index contributed by atoms with van der Waals surface area (Å²) in [5, 5.41) is 0. The third-order valence-electron chi connectivity index (χ3n) is 11.8. The minimum atomic E-state index is -2.17. The van der Waals surface area contributed by atoms with Crippen molar-refractivity contribution in [1.29, 1.82) is 0 Å². The Kier molecular flexibility index (Phi) is 7.19. The van der Waals surface area contributed by atoms with E-state index in [1.807, 2.05) is 0 Å². The summed E-state index contributed by atoms with van der Waals surface area (Å²) < 4.78 is 40.9. The second-order valence-electron chi connectivity index (χ2n) is 12.3. The van der Waals surface area contributed by atoms with E-state index in [0.29, 0.717) is 0 Å². The zero-order chi connectivity index (χ0) is 35.4. The number of allylic oxidation sites excluding steroid dienone is 1. The van der Waals surface area contributed by atoms with Gasteiger partial charge in [0.25, 0.3) is 0 Å². The van der Waals surface area contributed by atoms with Gasteiger partial charge >= 0.3 is 47.8 Å². The Labute approximate surface area is 272 Å². The van der Waals surface area contributed by atoms with Crippen LogP contribution in [0.25, 0.3) is 0 Å². The lowest BCUT2D eigenvalue weighted by Gasteiger charge is -2.87. The maximum absolute atomic E-state index is 14.4. The highest BCUT2D eigenvalue weighted by atomic mass is 16.6. The highest BCUT2D eigenvalue weighted by Gasteiger charge is 3.02. The minimum Gasteiger partial charge on any atom is -0.469 e. The van der Waals surface area contributed by atoms with Crippen LogP contribution in [0.15, 0.2) is 33.9 Å². The Morgan fingerprint density at radius 1 is 0.458 bits per heavy atom. The molecule has 0 N–H and O–H groups in total. The van der Waals surface area contributed by atoms with Crippen molar-refractivity contribution >= 4 is 47.8 Å². The van der Waals surface area contributed by atoms with Crippen molar-refractivity contribution in [3.8, 4) is 0 Å². The molecule has 0 bridgehead atoms. The van der Waals surface area contributed by atoms with Crippen molar-refractivity contribution in [3.05, 3.63) is 33.9 Å². The number of hydrogen-bond acceptors (Lipinski definition) is 16. The molecule has 0 heterocycles. The fourth-order valence-electron chi connectivity index (χ4n) is 10.7. The third-order valence-corrected chi connectivity index (χ3v) is 11.8. The fourth-order valence-corrected chi connectivity index (χ4v) is 10.7. The van der Waals surface area contributed by atoms with Crippen LogP contribution in [0.4, 0.5) is 0 Å². The molecule has 0 aromatic heterocycles. The van der Waals surface area contributed by atoms with Crippen LogP contribution in [0, 0.1) is 57.7 Å². The van der Waals surface area contributed by atoms with Gasteiger partial charge in [0.2, 0.25) is 0 Å². The molecule has 48 heavy (non-hydrogen) atoms. The summed E-state index contributed by atoms with van der Waals surface area (Å²) in [5.74, 6) is -16.3. The quantitative estimate of drug-likeness (QED) is 0.229. The lowest BCUT2D eigenvalue weighted by molar-refractivity contribution is -0.374. The summed E-state index contributed by atoms with van der Waals surface area (Å²) in [6.45, 7) is 0. The van der Waals surface area contributed by atoms with Gasteiger partial charge in [-0.05, 0) is 0 Å². The Balaban J connectivity index is 1.74. The van der Waals surface area contributed by atoms with Gasteiger partial charge < -0.3 is 37.9 Å². The van der Waals surface area contributed by atoms with E-state index in [1.54, 1.807) is 0 Å². The van der Waals surface area contributed by atoms with Crippen molar-refractivity contribution in [2.75, 3.05) is 56.9 Å². The van der Waals surface area contributed by atoms with Crippen LogP contribution in [0.1, 0.15) is 0 Å². The normalized spacial score (nSPS) is 37.0. The number of carbonyl (C=O) groups excluding carboxylic acids is 8. The van der Waals surface area contributed by atoms with Crippen LogP contribution in [0.5, 0.6) is 0 Å². The first kappa shape index (κ1) is 32.9. The lowest BCUT2D eigenvalue weighted by atomic mass is 9.10. The summed E-state index contributed by atoms with van der Waals surface area (Å²) in [7, 11) is 8.52. The second kappa shape index (κ2) is 10.5. The van der Waals surface area contributed by atoms with Gasteiger partial charge in [-0.15, -0.1) is 0 Å². The van der Waals surface area contributed by atoms with Crippen molar-refractivity contribution in [1.82, 2.24) is 0 Å². The molecule has 3 saturated carbocycles. The predicted octanol–water partition coefficient (Wildman–Crippen LogP) is -0.756. The maximum Gasteiger partial charge on any atom is 0.334 e. The van der Waals surface area contributed by atoms with Gasteiger partial charge in [-0.3, -0.25) is 14.4 Å². The van der Waals surface area contributed by atoms with E-state index >= 15 is 0 Å². The fraction of sp³-hybridized carbons (Fsp3) is 0.562.